The van der Waals surface area contributed by atoms with E-state index in [4.69, 9.17) is 0 Å². The van der Waals surface area contributed by atoms with Gasteiger partial charge in [-0.05, 0) is 35.5 Å². The van der Waals surface area contributed by atoms with Crippen LogP contribution in [0.3, 0.4) is 0 Å². The number of thioether (sulfide) groups is 1. The lowest BCUT2D eigenvalue weighted by molar-refractivity contribution is 0.217. The highest BCUT2D eigenvalue weighted by Gasteiger charge is 2.17. The molecule has 1 fully saturated rings. The molecule has 0 atom stereocenters. The number of urea groups is 1. The number of amides is 2. The fraction of sp³-hybridized carbons (Fsp3) is 0.385. The number of nitrogens with zero attached hydrogens (tertiary/aromatic N) is 5. The summed E-state index contributed by atoms with van der Waals surface area (Å²) in [6.45, 7) is 3.11. The molecule has 2 aromatic rings. The van der Waals surface area contributed by atoms with Crippen LogP contribution in [0.1, 0.15) is 5.82 Å². The van der Waals surface area contributed by atoms with Crippen molar-refractivity contribution < 1.29 is 9.18 Å². The lowest BCUT2D eigenvalue weighted by Gasteiger charge is -2.26. The predicted molar refractivity (Wildman–Crippen MR) is 81.8 cm³/mol. The van der Waals surface area contributed by atoms with Crippen molar-refractivity contribution in [2.24, 2.45) is 0 Å². The molecule has 1 aromatic heterocycles. The molecule has 0 bridgehead atoms. The second-order valence-corrected chi connectivity index (χ2v) is 6.06. The summed E-state index contributed by atoms with van der Waals surface area (Å²) in [4.78, 5) is 13.9. The molecule has 1 saturated heterocycles. The SMILES string of the molecule is Cc1nnnn1-c1cc(NC(=O)N2CCSCC2)ccc1F. The summed E-state index contributed by atoms with van der Waals surface area (Å²) in [7, 11) is 0. The zero-order valence-corrected chi connectivity index (χ0v) is 12.8. The summed E-state index contributed by atoms with van der Waals surface area (Å²) < 4.78 is 15.3. The number of benzene rings is 1. The first-order valence-corrected chi connectivity index (χ1v) is 7.99. The Morgan fingerprint density at radius 3 is 2.82 bits per heavy atom. The molecule has 0 radical (unpaired) electrons. The number of aromatic nitrogens is 4. The number of carbonyl (C=O) groups excluding carboxylic acids is 1. The molecule has 0 unspecified atom stereocenters. The predicted octanol–water partition coefficient (Wildman–Crippen LogP) is 1.69. The Kier molecular flexibility index (Phi) is 4.23. The van der Waals surface area contributed by atoms with Gasteiger partial charge in [-0.2, -0.15) is 16.4 Å². The lowest BCUT2D eigenvalue weighted by Crippen LogP contribution is -2.40. The number of nitrogens with one attached hydrogen (secondary N) is 1. The minimum Gasteiger partial charge on any atom is -0.323 e. The molecule has 3 rings (SSSR count). The molecule has 0 aliphatic carbocycles. The maximum atomic E-state index is 14.0. The van der Waals surface area contributed by atoms with E-state index in [1.54, 1.807) is 11.8 Å². The van der Waals surface area contributed by atoms with Gasteiger partial charge >= 0.3 is 6.03 Å². The van der Waals surface area contributed by atoms with Crippen molar-refractivity contribution in [3.63, 3.8) is 0 Å². The monoisotopic (exact) mass is 322 g/mol. The molecule has 0 saturated carbocycles. The van der Waals surface area contributed by atoms with Gasteiger partial charge in [0.2, 0.25) is 0 Å². The molecular weight excluding hydrogens is 307 g/mol. The van der Waals surface area contributed by atoms with E-state index in [1.807, 2.05) is 11.8 Å². The van der Waals surface area contributed by atoms with Crippen LogP contribution >= 0.6 is 11.8 Å². The first-order valence-electron chi connectivity index (χ1n) is 6.84. The van der Waals surface area contributed by atoms with Gasteiger partial charge in [0.05, 0.1) is 0 Å². The van der Waals surface area contributed by atoms with E-state index in [1.165, 1.54) is 22.9 Å². The summed E-state index contributed by atoms with van der Waals surface area (Å²) in [5, 5.41) is 13.8. The molecule has 1 aromatic carbocycles. The van der Waals surface area contributed by atoms with Crippen LogP contribution in [0.15, 0.2) is 18.2 Å². The summed E-state index contributed by atoms with van der Waals surface area (Å²) in [6, 6.07) is 4.16. The van der Waals surface area contributed by atoms with Crippen molar-refractivity contribution in [2.45, 2.75) is 6.92 Å². The zero-order chi connectivity index (χ0) is 15.5. The van der Waals surface area contributed by atoms with Crippen LogP contribution < -0.4 is 5.32 Å². The van der Waals surface area contributed by atoms with Crippen molar-refractivity contribution in [2.75, 3.05) is 29.9 Å². The average Bonchev–Trinajstić information content (AvgIpc) is 2.96. The lowest BCUT2D eigenvalue weighted by atomic mass is 10.2. The van der Waals surface area contributed by atoms with Gasteiger partial charge in [0, 0.05) is 30.3 Å². The quantitative estimate of drug-likeness (QED) is 0.910. The van der Waals surface area contributed by atoms with Gasteiger partial charge in [-0.15, -0.1) is 5.10 Å². The third-order valence-corrected chi connectivity index (χ3v) is 4.29. The fourth-order valence-electron chi connectivity index (χ4n) is 2.18. The van der Waals surface area contributed by atoms with Crippen molar-refractivity contribution in [1.82, 2.24) is 25.1 Å². The minimum absolute atomic E-state index is 0.175. The standard InChI is InChI=1S/C13H15FN6OS/c1-9-16-17-18-20(9)12-8-10(2-3-11(12)14)15-13(21)19-4-6-22-7-5-19/h2-3,8H,4-7H2,1H3,(H,15,21). The number of anilines is 1. The first kappa shape index (κ1) is 14.8. The summed E-state index contributed by atoms with van der Waals surface area (Å²) in [6.07, 6.45) is 0. The van der Waals surface area contributed by atoms with E-state index < -0.39 is 5.82 Å². The van der Waals surface area contributed by atoms with E-state index in [9.17, 15) is 9.18 Å². The Labute approximate surface area is 130 Å². The van der Waals surface area contributed by atoms with Gasteiger partial charge in [0.15, 0.2) is 5.82 Å². The van der Waals surface area contributed by atoms with Gasteiger partial charge in [-0.3, -0.25) is 0 Å². The Morgan fingerprint density at radius 1 is 1.36 bits per heavy atom. The van der Waals surface area contributed by atoms with E-state index in [0.717, 1.165) is 24.6 Å². The third-order valence-electron chi connectivity index (χ3n) is 3.35. The molecular formula is C13H15FN6OS. The Morgan fingerprint density at radius 2 is 2.14 bits per heavy atom. The normalized spacial score (nSPS) is 14.9. The summed E-state index contributed by atoms with van der Waals surface area (Å²) in [5.41, 5.74) is 0.712. The number of rotatable bonds is 2. The maximum Gasteiger partial charge on any atom is 0.321 e. The smallest absolute Gasteiger partial charge is 0.321 e. The number of halogens is 1. The summed E-state index contributed by atoms with van der Waals surface area (Å²) in [5.74, 6) is 1.89. The highest BCUT2D eigenvalue weighted by molar-refractivity contribution is 7.99. The highest BCUT2D eigenvalue weighted by Crippen LogP contribution is 2.19. The molecule has 9 heteroatoms. The Balaban J connectivity index is 1.80. The summed E-state index contributed by atoms with van der Waals surface area (Å²) >= 11 is 1.83. The van der Waals surface area contributed by atoms with Crippen molar-refractivity contribution in [3.8, 4) is 5.69 Å². The van der Waals surface area contributed by atoms with Crippen LogP contribution in [-0.4, -0.2) is 55.7 Å². The van der Waals surface area contributed by atoms with Crippen LogP contribution in [0.25, 0.3) is 5.69 Å². The third kappa shape index (κ3) is 3.03. The maximum absolute atomic E-state index is 14.0. The number of hydrogen-bond donors (Lipinski definition) is 1. The Bertz CT molecular complexity index is 685. The minimum atomic E-state index is -0.456. The second kappa shape index (κ2) is 6.30. The number of hydrogen-bond acceptors (Lipinski definition) is 5. The molecule has 1 aliphatic heterocycles. The van der Waals surface area contributed by atoms with Crippen LogP contribution in [-0.2, 0) is 0 Å². The molecule has 7 nitrogen and oxygen atoms in total. The van der Waals surface area contributed by atoms with Crippen molar-refractivity contribution >= 4 is 23.5 Å². The number of carbonyl (C=O) groups is 1. The highest BCUT2D eigenvalue weighted by atomic mass is 32.2. The van der Waals surface area contributed by atoms with E-state index >= 15 is 0 Å². The Hall–Kier alpha value is -2.16. The molecule has 0 spiro atoms. The second-order valence-electron chi connectivity index (χ2n) is 4.83. The molecule has 1 N–H and O–H groups in total. The first-order chi connectivity index (χ1) is 10.6. The average molecular weight is 322 g/mol. The molecule has 116 valence electrons. The molecule has 2 heterocycles. The molecule has 2 amide bonds. The topological polar surface area (TPSA) is 75.9 Å². The zero-order valence-electron chi connectivity index (χ0n) is 12.0. The van der Waals surface area contributed by atoms with E-state index in [-0.39, 0.29) is 11.7 Å². The van der Waals surface area contributed by atoms with E-state index in [0.29, 0.717) is 11.5 Å². The van der Waals surface area contributed by atoms with E-state index in [2.05, 4.69) is 20.8 Å². The number of tetrazole rings is 1. The van der Waals surface area contributed by atoms with Crippen molar-refractivity contribution in [3.05, 3.63) is 29.8 Å². The van der Waals surface area contributed by atoms with Gasteiger partial charge < -0.3 is 10.2 Å². The fourth-order valence-corrected chi connectivity index (χ4v) is 3.08. The van der Waals surface area contributed by atoms with Crippen LogP contribution in [0.4, 0.5) is 14.9 Å². The van der Waals surface area contributed by atoms with Crippen LogP contribution in [0.2, 0.25) is 0 Å². The van der Waals surface area contributed by atoms with Gasteiger partial charge in [-0.25, -0.2) is 9.18 Å². The van der Waals surface area contributed by atoms with Crippen LogP contribution in [0.5, 0.6) is 0 Å². The van der Waals surface area contributed by atoms with Crippen LogP contribution in [0, 0.1) is 12.7 Å². The van der Waals surface area contributed by atoms with Gasteiger partial charge in [-0.1, -0.05) is 0 Å². The van der Waals surface area contributed by atoms with Gasteiger partial charge in [0.25, 0.3) is 0 Å². The number of aryl methyl sites for hydroxylation is 1. The van der Waals surface area contributed by atoms with Gasteiger partial charge in [0.1, 0.15) is 11.5 Å². The molecule has 1 aliphatic rings. The molecule has 22 heavy (non-hydrogen) atoms. The van der Waals surface area contributed by atoms with Crippen molar-refractivity contribution in [1.29, 1.82) is 0 Å². The largest absolute Gasteiger partial charge is 0.323 e.